The van der Waals surface area contributed by atoms with Crippen molar-refractivity contribution in [2.45, 2.75) is 32.2 Å². The van der Waals surface area contributed by atoms with E-state index in [-0.39, 0.29) is 5.78 Å². The third-order valence-electron chi connectivity index (χ3n) is 3.14. The molecule has 18 heavy (non-hydrogen) atoms. The average Bonchev–Trinajstić information content (AvgIpc) is 2.37. The number of ketones is 1. The normalized spacial score (nSPS) is 14.4. The van der Waals surface area contributed by atoms with Crippen LogP contribution in [0.4, 0.5) is 0 Å². The van der Waals surface area contributed by atoms with Crippen molar-refractivity contribution in [1.29, 1.82) is 0 Å². The van der Waals surface area contributed by atoms with Crippen molar-refractivity contribution in [2.75, 3.05) is 0 Å². The lowest BCUT2D eigenvalue weighted by atomic mass is 9.88. The number of benzene rings is 1. The number of Topliss-reactive ketones (excluding diaryl/α,β-unsaturated/α-hetero) is 1. The molecule has 0 fully saturated rings. The van der Waals surface area contributed by atoms with E-state index in [1.807, 2.05) is 37.3 Å². The Morgan fingerprint density at radius 2 is 2.11 bits per heavy atom. The van der Waals surface area contributed by atoms with Crippen molar-refractivity contribution in [1.82, 2.24) is 4.98 Å². The maximum absolute atomic E-state index is 12.3. The van der Waals surface area contributed by atoms with Gasteiger partial charge in [0.25, 0.3) is 0 Å². The zero-order valence-electron chi connectivity index (χ0n) is 10.8. The summed E-state index contributed by atoms with van der Waals surface area (Å²) >= 11 is 0. The van der Waals surface area contributed by atoms with Gasteiger partial charge in [0.15, 0.2) is 5.78 Å². The molecule has 1 aromatic heterocycles. The van der Waals surface area contributed by atoms with E-state index < -0.39 is 5.54 Å². The first kappa shape index (κ1) is 12.7. The molecule has 94 valence electrons. The summed E-state index contributed by atoms with van der Waals surface area (Å²) in [7, 11) is 0. The molecule has 0 aliphatic rings. The summed E-state index contributed by atoms with van der Waals surface area (Å²) in [6, 6.07) is 9.61. The number of nitrogens with two attached hydrogens (primary N) is 1. The van der Waals surface area contributed by atoms with Gasteiger partial charge in [-0.3, -0.25) is 9.78 Å². The van der Waals surface area contributed by atoms with Crippen LogP contribution in [-0.4, -0.2) is 16.3 Å². The van der Waals surface area contributed by atoms with Crippen LogP contribution in [0.15, 0.2) is 36.5 Å². The largest absolute Gasteiger partial charge is 0.319 e. The van der Waals surface area contributed by atoms with Gasteiger partial charge in [-0.2, -0.15) is 0 Å². The first-order chi connectivity index (χ1) is 8.54. The Labute approximate surface area is 107 Å². The molecule has 3 heteroatoms. The van der Waals surface area contributed by atoms with Crippen LogP contribution in [0.3, 0.4) is 0 Å². The molecule has 0 saturated carbocycles. The summed E-state index contributed by atoms with van der Waals surface area (Å²) in [5.41, 5.74) is 6.74. The molecule has 1 aromatic carbocycles. The number of aromatic nitrogens is 1. The molecule has 0 radical (unpaired) electrons. The van der Waals surface area contributed by atoms with E-state index in [1.54, 1.807) is 13.1 Å². The molecule has 0 amide bonds. The van der Waals surface area contributed by atoms with Gasteiger partial charge in [-0.15, -0.1) is 0 Å². The summed E-state index contributed by atoms with van der Waals surface area (Å²) in [6.07, 6.45) is 3.18. The molecular formula is C15H18N2O. The number of carbonyl (C=O) groups is 1. The molecule has 2 N–H and O–H groups in total. The number of rotatable bonds is 4. The molecule has 0 aliphatic carbocycles. The molecule has 1 atom stereocenters. The Hall–Kier alpha value is -1.74. The van der Waals surface area contributed by atoms with Crippen LogP contribution in [0, 0.1) is 0 Å². The Kier molecular flexibility index (Phi) is 3.43. The Bertz CT molecular complexity index is 575. The summed E-state index contributed by atoms with van der Waals surface area (Å²) < 4.78 is 0. The number of hydrogen-bond acceptors (Lipinski definition) is 3. The van der Waals surface area contributed by atoms with Crippen molar-refractivity contribution in [2.24, 2.45) is 5.73 Å². The summed E-state index contributed by atoms with van der Waals surface area (Å²) in [5, 5.41) is 0.968. The summed E-state index contributed by atoms with van der Waals surface area (Å²) in [6.45, 7) is 3.81. The number of fused-ring (bicyclic) bond motifs is 1. The molecule has 2 rings (SSSR count). The number of carbonyl (C=O) groups excluding carboxylic acids is 1. The second kappa shape index (κ2) is 4.86. The van der Waals surface area contributed by atoms with Gasteiger partial charge < -0.3 is 5.73 Å². The van der Waals surface area contributed by atoms with Gasteiger partial charge in [0, 0.05) is 17.1 Å². The van der Waals surface area contributed by atoms with Gasteiger partial charge in [-0.25, -0.2) is 0 Å². The van der Waals surface area contributed by atoms with Crippen molar-refractivity contribution in [3.8, 4) is 0 Å². The van der Waals surface area contributed by atoms with Gasteiger partial charge in [-0.1, -0.05) is 31.5 Å². The first-order valence-corrected chi connectivity index (χ1v) is 6.23. The maximum atomic E-state index is 12.3. The van der Waals surface area contributed by atoms with Gasteiger partial charge in [0.05, 0.1) is 11.1 Å². The highest BCUT2D eigenvalue weighted by Gasteiger charge is 2.28. The number of hydrogen-bond donors (Lipinski definition) is 1. The molecular weight excluding hydrogens is 224 g/mol. The van der Waals surface area contributed by atoms with E-state index >= 15 is 0 Å². The van der Waals surface area contributed by atoms with Crippen LogP contribution in [0.25, 0.3) is 10.9 Å². The quantitative estimate of drug-likeness (QED) is 0.839. The van der Waals surface area contributed by atoms with Crippen molar-refractivity contribution in [3.63, 3.8) is 0 Å². The maximum Gasteiger partial charge on any atom is 0.183 e. The second-order valence-corrected chi connectivity index (χ2v) is 4.91. The summed E-state index contributed by atoms with van der Waals surface area (Å²) in [4.78, 5) is 16.6. The van der Waals surface area contributed by atoms with E-state index in [9.17, 15) is 4.79 Å². The first-order valence-electron chi connectivity index (χ1n) is 6.23. The number of pyridine rings is 1. The third-order valence-corrected chi connectivity index (χ3v) is 3.14. The molecule has 1 heterocycles. The highest BCUT2D eigenvalue weighted by atomic mass is 16.1. The predicted molar refractivity (Wildman–Crippen MR) is 73.6 cm³/mol. The third kappa shape index (κ3) is 2.41. The van der Waals surface area contributed by atoms with E-state index in [4.69, 9.17) is 5.73 Å². The van der Waals surface area contributed by atoms with Crippen molar-refractivity contribution >= 4 is 16.7 Å². The zero-order chi connectivity index (χ0) is 13.2. The van der Waals surface area contributed by atoms with Crippen LogP contribution in [0.1, 0.15) is 37.0 Å². The SMILES string of the molecule is CCCC(C)(N)C(=O)c1cnc2ccccc2c1. The molecule has 0 aliphatic heterocycles. The van der Waals surface area contributed by atoms with Crippen molar-refractivity contribution in [3.05, 3.63) is 42.1 Å². The van der Waals surface area contributed by atoms with Crippen LogP contribution >= 0.6 is 0 Å². The highest BCUT2D eigenvalue weighted by molar-refractivity contribution is 6.04. The Morgan fingerprint density at radius 1 is 1.39 bits per heavy atom. The molecule has 2 aromatic rings. The van der Waals surface area contributed by atoms with E-state index in [0.29, 0.717) is 12.0 Å². The standard InChI is InChI=1S/C15H18N2O/c1-3-8-15(2,16)14(18)12-9-11-6-4-5-7-13(11)17-10-12/h4-7,9-10H,3,8,16H2,1-2H3. The fourth-order valence-electron chi connectivity index (χ4n) is 2.16. The summed E-state index contributed by atoms with van der Waals surface area (Å²) in [5.74, 6) is -0.0393. The van der Waals surface area contributed by atoms with Crippen LogP contribution in [-0.2, 0) is 0 Å². The van der Waals surface area contributed by atoms with E-state index in [2.05, 4.69) is 4.98 Å². The van der Waals surface area contributed by atoms with Crippen LogP contribution in [0.2, 0.25) is 0 Å². The van der Waals surface area contributed by atoms with E-state index in [1.165, 1.54) is 0 Å². The number of para-hydroxylation sites is 1. The van der Waals surface area contributed by atoms with Gasteiger partial charge in [0.2, 0.25) is 0 Å². The minimum Gasteiger partial charge on any atom is -0.319 e. The van der Waals surface area contributed by atoms with Crippen molar-refractivity contribution < 1.29 is 4.79 Å². The topological polar surface area (TPSA) is 56.0 Å². The molecule has 3 nitrogen and oxygen atoms in total. The fourth-order valence-corrected chi connectivity index (χ4v) is 2.16. The second-order valence-electron chi connectivity index (χ2n) is 4.91. The predicted octanol–water partition coefficient (Wildman–Crippen LogP) is 2.94. The highest BCUT2D eigenvalue weighted by Crippen LogP contribution is 2.19. The lowest BCUT2D eigenvalue weighted by Crippen LogP contribution is -2.44. The van der Waals surface area contributed by atoms with Gasteiger partial charge in [0.1, 0.15) is 0 Å². The minimum absolute atomic E-state index is 0.0393. The fraction of sp³-hybridized carbons (Fsp3) is 0.333. The lowest BCUT2D eigenvalue weighted by Gasteiger charge is -2.22. The smallest absolute Gasteiger partial charge is 0.183 e. The molecule has 0 bridgehead atoms. The Balaban J connectivity index is 2.39. The molecule has 1 unspecified atom stereocenters. The van der Waals surface area contributed by atoms with Crippen LogP contribution in [0.5, 0.6) is 0 Å². The van der Waals surface area contributed by atoms with E-state index in [0.717, 1.165) is 17.3 Å². The van der Waals surface area contributed by atoms with Gasteiger partial charge >= 0.3 is 0 Å². The lowest BCUT2D eigenvalue weighted by molar-refractivity contribution is 0.0893. The monoisotopic (exact) mass is 242 g/mol. The number of nitrogens with zero attached hydrogens (tertiary/aromatic N) is 1. The molecule has 0 spiro atoms. The van der Waals surface area contributed by atoms with Gasteiger partial charge in [-0.05, 0) is 25.5 Å². The average molecular weight is 242 g/mol. The zero-order valence-corrected chi connectivity index (χ0v) is 10.8. The Morgan fingerprint density at radius 3 is 2.83 bits per heavy atom. The minimum atomic E-state index is -0.807. The van der Waals surface area contributed by atoms with Crippen LogP contribution < -0.4 is 5.73 Å². The molecule has 0 saturated heterocycles.